The normalized spacial score (nSPS) is 16.8. The van der Waals surface area contributed by atoms with Gasteiger partial charge >= 0.3 is 6.03 Å². The zero-order valence-corrected chi connectivity index (χ0v) is 8.54. The van der Waals surface area contributed by atoms with Crippen LogP contribution in [0.2, 0.25) is 0 Å². The molecule has 0 saturated carbocycles. The molecule has 4 amide bonds. The van der Waals surface area contributed by atoms with Crippen molar-refractivity contribution >= 4 is 29.2 Å². The fourth-order valence-electron chi connectivity index (χ4n) is 1.30. The zero-order chi connectivity index (χ0) is 10.8. The van der Waals surface area contributed by atoms with Gasteiger partial charge in [0.15, 0.2) is 0 Å². The highest BCUT2D eigenvalue weighted by molar-refractivity contribution is 7.07. The van der Waals surface area contributed by atoms with Gasteiger partial charge in [0, 0.05) is 0 Å². The number of amides is 4. The first-order chi connectivity index (χ1) is 7.16. The Kier molecular flexibility index (Phi) is 2.51. The molecule has 1 aromatic rings. The molecule has 1 fully saturated rings. The van der Waals surface area contributed by atoms with E-state index in [1.807, 2.05) is 16.8 Å². The molecule has 0 atom stereocenters. The van der Waals surface area contributed by atoms with Gasteiger partial charge in [-0.25, -0.2) is 4.79 Å². The molecule has 0 aliphatic carbocycles. The van der Waals surface area contributed by atoms with Crippen molar-refractivity contribution in [2.24, 2.45) is 0 Å². The number of imide groups is 2. The first kappa shape index (κ1) is 9.85. The molecule has 0 aromatic carbocycles. The molecular formula is C9H8N2O3S. The minimum Gasteiger partial charge on any atom is -0.277 e. The maximum absolute atomic E-state index is 11.4. The highest BCUT2D eigenvalue weighted by atomic mass is 32.1. The van der Waals surface area contributed by atoms with Crippen LogP contribution in [0.1, 0.15) is 12.0 Å². The monoisotopic (exact) mass is 224 g/mol. The predicted octanol–water partition coefficient (Wildman–Crippen LogP) is 0.717. The average Bonchev–Trinajstić information content (AvgIpc) is 2.63. The number of hydrogen-bond acceptors (Lipinski definition) is 4. The molecule has 1 aromatic heterocycles. The van der Waals surface area contributed by atoms with Crippen LogP contribution in [0, 0.1) is 0 Å². The maximum atomic E-state index is 11.4. The summed E-state index contributed by atoms with van der Waals surface area (Å²) in [6, 6.07) is 1.20. The number of nitrogens with one attached hydrogen (secondary N) is 1. The molecule has 0 bridgehead atoms. The standard InChI is InChI=1S/C9H8N2O3S/c12-7-3-8(13)11(9(14)10-7)4-6-1-2-15-5-6/h1-2,5H,3-4H2,(H,10,12,14). The quantitative estimate of drug-likeness (QED) is 0.752. The lowest BCUT2D eigenvalue weighted by Gasteiger charge is -2.24. The van der Waals surface area contributed by atoms with E-state index in [-0.39, 0.29) is 13.0 Å². The van der Waals surface area contributed by atoms with Crippen LogP contribution in [0.4, 0.5) is 4.79 Å². The molecule has 2 heterocycles. The predicted molar refractivity (Wildman–Crippen MR) is 53.0 cm³/mol. The second kappa shape index (κ2) is 3.82. The number of urea groups is 1. The number of thiophene rings is 1. The third-order valence-electron chi connectivity index (χ3n) is 2.03. The summed E-state index contributed by atoms with van der Waals surface area (Å²) in [5.74, 6) is -0.985. The van der Waals surface area contributed by atoms with Crippen molar-refractivity contribution < 1.29 is 14.4 Å². The van der Waals surface area contributed by atoms with Gasteiger partial charge in [-0.15, -0.1) is 0 Å². The van der Waals surface area contributed by atoms with E-state index in [4.69, 9.17) is 0 Å². The minimum absolute atomic E-state index is 0.224. The molecule has 2 rings (SSSR count). The topological polar surface area (TPSA) is 66.5 Å². The first-order valence-electron chi connectivity index (χ1n) is 4.32. The van der Waals surface area contributed by atoms with Gasteiger partial charge in [0.1, 0.15) is 6.42 Å². The maximum Gasteiger partial charge on any atom is 0.331 e. The van der Waals surface area contributed by atoms with Crippen LogP contribution in [0.3, 0.4) is 0 Å². The van der Waals surface area contributed by atoms with Crippen molar-refractivity contribution in [2.75, 3.05) is 0 Å². The first-order valence-corrected chi connectivity index (χ1v) is 5.26. The van der Waals surface area contributed by atoms with Crippen LogP contribution in [0.25, 0.3) is 0 Å². The highest BCUT2D eigenvalue weighted by Gasteiger charge is 2.30. The smallest absolute Gasteiger partial charge is 0.277 e. The highest BCUT2D eigenvalue weighted by Crippen LogP contribution is 2.12. The van der Waals surface area contributed by atoms with Gasteiger partial charge in [0.25, 0.3) is 0 Å². The van der Waals surface area contributed by atoms with Crippen LogP contribution >= 0.6 is 11.3 Å². The summed E-state index contributed by atoms with van der Waals surface area (Å²) in [6.07, 6.45) is -0.254. The number of rotatable bonds is 2. The van der Waals surface area contributed by atoms with Crippen LogP contribution in [0.5, 0.6) is 0 Å². The molecule has 0 unspecified atom stereocenters. The second-order valence-electron chi connectivity index (χ2n) is 3.14. The lowest BCUT2D eigenvalue weighted by Crippen LogP contribution is -2.52. The summed E-state index contributed by atoms with van der Waals surface area (Å²) in [6.45, 7) is 0.224. The number of nitrogens with zero attached hydrogens (tertiary/aromatic N) is 1. The molecule has 1 aliphatic heterocycles. The van der Waals surface area contributed by atoms with Gasteiger partial charge in [0.05, 0.1) is 6.54 Å². The number of carbonyl (C=O) groups is 3. The van der Waals surface area contributed by atoms with Crippen molar-refractivity contribution in [1.82, 2.24) is 10.2 Å². The van der Waals surface area contributed by atoms with Gasteiger partial charge in [-0.3, -0.25) is 19.8 Å². The Morgan fingerprint density at radius 1 is 1.40 bits per heavy atom. The third-order valence-corrected chi connectivity index (χ3v) is 2.76. The fourth-order valence-corrected chi connectivity index (χ4v) is 1.96. The Hall–Kier alpha value is -1.69. The van der Waals surface area contributed by atoms with E-state index in [1.165, 1.54) is 11.3 Å². The van der Waals surface area contributed by atoms with Crippen molar-refractivity contribution in [2.45, 2.75) is 13.0 Å². The van der Waals surface area contributed by atoms with E-state index in [0.717, 1.165) is 10.5 Å². The second-order valence-corrected chi connectivity index (χ2v) is 3.92. The van der Waals surface area contributed by atoms with E-state index in [0.29, 0.717) is 0 Å². The SMILES string of the molecule is O=C1CC(=O)N(Cc2ccsc2)C(=O)N1. The minimum atomic E-state index is -0.637. The molecule has 0 radical (unpaired) electrons. The van der Waals surface area contributed by atoms with Crippen LogP contribution in [0.15, 0.2) is 16.8 Å². The molecule has 1 saturated heterocycles. The van der Waals surface area contributed by atoms with Crippen molar-refractivity contribution in [3.63, 3.8) is 0 Å². The summed E-state index contributed by atoms with van der Waals surface area (Å²) in [5.41, 5.74) is 0.887. The van der Waals surface area contributed by atoms with E-state index in [2.05, 4.69) is 5.32 Å². The molecule has 78 valence electrons. The van der Waals surface area contributed by atoms with Crippen molar-refractivity contribution in [3.05, 3.63) is 22.4 Å². The lowest BCUT2D eigenvalue weighted by molar-refractivity contribution is -0.136. The molecule has 0 spiro atoms. The lowest BCUT2D eigenvalue weighted by atomic mass is 10.2. The van der Waals surface area contributed by atoms with E-state index in [1.54, 1.807) is 0 Å². The van der Waals surface area contributed by atoms with Crippen molar-refractivity contribution in [1.29, 1.82) is 0 Å². The Labute approximate surface area is 89.7 Å². The number of hydrogen-bond donors (Lipinski definition) is 1. The molecule has 5 nitrogen and oxygen atoms in total. The Morgan fingerprint density at radius 2 is 2.20 bits per heavy atom. The summed E-state index contributed by atoms with van der Waals surface area (Å²) in [5, 5.41) is 5.83. The number of barbiturate groups is 1. The summed E-state index contributed by atoms with van der Waals surface area (Å²) in [7, 11) is 0. The zero-order valence-electron chi connectivity index (χ0n) is 7.73. The average molecular weight is 224 g/mol. The Morgan fingerprint density at radius 3 is 2.80 bits per heavy atom. The van der Waals surface area contributed by atoms with Crippen molar-refractivity contribution in [3.8, 4) is 0 Å². The summed E-state index contributed by atoms with van der Waals surface area (Å²) in [4.78, 5) is 34.6. The largest absolute Gasteiger partial charge is 0.331 e. The molecule has 15 heavy (non-hydrogen) atoms. The summed E-state index contributed by atoms with van der Waals surface area (Å²) < 4.78 is 0. The molecule has 1 aliphatic rings. The van der Waals surface area contributed by atoms with Gasteiger partial charge in [-0.1, -0.05) is 0 Å². The molecule has 6 heteroatoms. The molecule has 1 N–H and O–H groups in total. The van der Waals surface area contributed by atoms with Crippen LogP contribution in [-0.2, 0) is 16.1 Å². The van der Waals surface area contributed by atoms with E-state index >= 15 is 0 Å². The Balaban J connectivity index is 2.11. The van der Waals surface area contributed by atoms with E-state index in [9.17, 15) is 14.4 Å². The van der Waals surface area contributed by atoms with Gasteiger partial charge in [-0.2, -0.15) is 11.3 Å². The number of carbonyl (C=O) groups excluding carboxylic acids is 3. The van der Waals surface area contributed by atoms with Gasteiger partial charge < -0.3 is 0 Å². The van der Waals surface area contributed by atoms with Gasteiger partial charge in [-0.05, 0) is 22.4 Å². The fraction of sp³-hybridized carbons (Fsp3) is 0.222. The van der Waals surface area contributed by atoms with Crippen LogP contribution in [-0.4, -0.2) is 22.7 Å². The van der Waals surface area contributed by atoms with Gasteiger partial charge in [0.2, 0.25) is 11.8 Å². The summed E-state index contributed by atoms with van der Waals surface area (Å²) >= 11 is 1.49. The Bertz CT molecular complexity index is 393. The van der Waals surface area contributed by atoms with Crippen LogP contribution < -0.4 is 5.32 Å². The molecular weight excluding hydrogens is 216 g/mol. The third kappa shape index (κ3) is 2.04. The van der Waals surface area contributed by atoms with E-state index < -0.39 is 17.8 Å².